The second kappa shape index (κ2) is 9.24. The van der Waals surface area contributed by atoms with Crippen molar-refractivity contribution in [1.29, 1.82) is 5.26 Å². The lowest BCUT2D eigenvalue weighted by atomic mass is 10.2. The van der Waals surface area contributed by atoms with Crippen molar-refractivity contribution in [3.63, 3.8) is 0 Å². The number of nitriles is 1. The molecule has 0 bridgehead atoms. The van der Waals surface area contributed by atoms with E-state index in [2.05, 4.69) is 6.07 Å². The summed E-state index contributed by atoms with van der Waals surface area (Å²) in [5.41, 5.74) is 1.41. The molecule has 5 heteroatoms. The maximum atomic E-state index is 12.9. The van der Waals surface area contributed by atoms with Gasteiger partial charge in [-0.1, -0.05) is 12.1 Å². The summed E-state index contributed by atoms with van der Waals surface area (Å²) in [6.07, 6.45) is 3.26. The van der Waals surface area contributed by atoms with Crippen molar-refractivity contribution in [2.24, 2.45) is 0 Å². The molecule has 0 unspecified atom stereocenters. The number of nitrogens with zero attached hydrogens (tertiary/aromatic N) is 2. The summed E-state index contributed by atoms with van der Waals surface area (Å²) in [4.78, 5) is 14.1. The fourth-order valence-corrected chi connectivity index (χ4v) is 2.25. The van der Waals surface area contributed by atoms with E-state index < -0.39 is 0 Å². The van der Waals surface area contributed by atoms with Crippen LogP contribution in [0.5, 0.6) is 5.75 Å². The van der Waals surface area contributed by atoms with E-state index in [-0.39, 0.29) is 24.7 Å². The number of carbonyl (C=O) groups is 1. The van der Waals surface area contributed by atoms with Gasteiger partial charge >= 0.3 is 0 Å². The summed E-state index contributed by atoms with van der Waals surface area (Å²) in [5.74, 6) is 0.151. The molecule has 0 spiro atoms. The van der Waals surface area contributed by atoms with Crippen molar-refractivity contribution in [2.45, 2.75) is 13.3 Å². The van der Waals surface area contributed by atoms with Crippen LogP contribution in [-0.2, 0) is 4.79 Å². The van der Waals surface area contributed by atoms with E-state index in [4.69, 9.17) is 10.00 Å². The largest absolute Gasteiger partial charge is 0.494 e. The number of halogens is 1. The van der Waals surface area contributed by atoms with Crippen LogP contribution < -0.4 is 9.64 Å². The van der Waals surface area contributed by atoms with Crippen molar-refractivity contribution < 1.29 is 13.9 Å². The molecule has 0 aliphatic heterocycles. The van der Waals surface area contributed by atoms with E-state index in [1.807, 2.05) is 6.92 Å². The van der Waals surface area contributed by atoms with Gasteiger partial charge in [-0.05, 0) is 55.0 Å². The molecular formula is C20H19FN2O2. The highest BCUT2D eigenvalue weighted by Gasteiger charge is 2.13. The van der Waals surface area contributed by atoms with Gasteiger partial charge in [0.2, 0.25) is 0 Å². The summed E-state index contributed by atoms with van der Waals surface area (Å²) < 4.78 is 18.3. The van der Waals surface area contributed by atoms with Crippen LogP contribution in [0.3, 0.4) is 0 Å². The highest BCUT2D eigenvalue weighted by Crippen LogP contribution is 2.20. The average Bonchev–Trinajstić information content (AvgIpc) is 2.63. The molecule has 4 nitrogen and oxygen atoms in total. The zero-order chi connectivity index (χ0) is 18.1. The van der Waals surface area contributed by atoms with E-state index in [1.165, 1.54) is 23.1 Å². The average molecular weight is 338 g/mol. The smallest absolute Gasteiger partial charge is 0.251 e. The monoisotopic (exact) mass is 338 g/mol. The van der Waals surface area contributed by atoms with E-state index in [0.717, 1.165) is 11.3 Å². The van der Waals surface area contributed by atoms with Gasteiger partial charge in [0.05, 0.1) is 19.1 Å². The lowest BCUT2D eigenvalue weighted by molar-refractivity contribution is -0.114. The van der Waals surface area contributed by atoms with E-state index in [0.29, 0.717) is 12.3 Å². The van der Waals surface area contributed by atoms with Crippen LogP contribution in [0.2, 0.25) is 0 Å². The number of hydrogen-bond acceptors (Lipinski definition) is 3. The van der Waals surface area contributed by atoms with Gasteiger partial charge in [-0.3, -0.25) is 4.79 Å². The highest BCUT2D eigenvalue weighted by molar-refractivity contribution is 6.03. The molecule has 2 aromatic rings. The number of carbonyl (C=O) groups excluding carboxylic acids is 1. The SMILES string of the molecule is CCOc1ccc(N(CCC#N)C(=O)/C=C/c2ccc(F)cc2)cc1. The predicted molar refractivity (Wildman–Crippen MR) is 95.6 cm³/mol. The molecular weight excluding hydrogens is 319 g/mol. The Bertz CT molecular complexity index is 762. The summed E-state index contributed by atoms with van der Waals surface area (Å²) in [6.45, 7) is 2.75. The topological polar surface area (TPSA) is 53.3 Å². The molecule has 0 aliphatic rings. The van der Waals surface area contributed by atoms with E-state index >= 15 is 0 Å². The quantitative estimate of drug-likeness (QED) is 0.712. The van der Waals surface area contributed by atoms with Crippen LogP contribution >= 0.6 is 0 Å². The normalized spacial score (nSPS) is 10.4. The molecule has 0 saturated carbocycles. The first kappa shape index (κ1) is 18.2. The Morgan fingerprint density at radius 3 is 2.48 bits per heavy atom. The minimum Gasteiger partial charge on any atom is -0.494 e. The molecule has 0 fully saturated rings. The first-order valence-corrected chi connectivity index (χ1v) is 7.99. The lowest BCUT2D eigenvalue weighted by Gasteiger charge is -2.20. The second-order valence-corrected chi connectivity index (χ2v) is 5.21. The summed E-state index contributed by atoms with van der Waals surface area (Å²) >= 11 is 0. The van der Waals surface area contributed by atoms with Gasteiger partial charge in [0, 0.05) is 18.3 Å². The third kappa shape index (κ3) is 5.47. The number of rotatable bonds is 7. The van der Waals surface area contributed by atoms with Crippen LogP contribution in [0.15, 0.2) is 54.6 Å². The molecule has 25 heavy (non-hydrogen) atoms. The Hall–Kier alpha value is -3.13. The van der Waals surface area contributed by atoms with Gasteiger partial charge in [0.15, 0.2) is 0 Å². The Balaban J connectivity index is 2.16. The van der Waals surface area contributed by atoms with Crippen molar-refractivity contribution in [1.82, 2.24) is 0 Å². The Morgan fingerprint density at radius 2 is 1.88 bits per heavy atom. The number of benzene rings is 2. The van der Waals surface area contributed by atoms with Gasteiger partial charge in [-0.2, -0.15) is 5.26 Å². The molecule has 0 heterocycles. The van der Waals surface area contributed by atoms with Gasteiger partial charge in [0.1, 0.15) is 11.6 Å². The van der Waals surface area contributed by atoms with Gasteiger partial charge < -0.3 is 9.64 Å². The van der Waals surface area contributed by atoms with Crippen molar-refractivity contribution >= 4 is 17.7 Å². The Morgan fingerprint density at radius 1 is 1.20 bits per heavy atom. The van der Waals surface area contributed by atoms with Crippen LogP contribution in [0.25, 0.3) is 6.08 Å². The molecule has 0 radical (unpaired) electrons. The number of amides is 1. The zero-order valence-electron chi connectivity index (χ0n) is 14.0. The highest BCUT2D eigenvalue weighted by atomic mass is 19.1. The minimum absolute atomic E-state index is 0.226. The molecule has 0 aromatic heterocycles. The fraction of sp³-hybridized carbons (Fsp3) is 0.200. The molecule has 2 aromatic carbocycles. The summed E-state index contributed by atoms with van der Waals surface area (Å²) in [7, 11) is 0. The Kier molecular flexibility index (Phi) is 6.73. The summed E-state index contributed by atoms with van der Waals surface area (Å²) in [6, 6.07) is 15.1. The van der Waals surface area contributed by atoms with Crippen molar-refractivity contribution in [3.8, 4) is 11.8 Å². The van der Waals surface area contributed by atoms with Gasteiger partial charge in [0.25, 0.3) is 5.91 Å². The van der Waals surface area contributed by atoms with E-state index in [9.17, 15) is 9.18 Å². The molecule has 0 saturated heterocycles. The zero-order valence-corrected chi connectivity index (χ0v) is 14.0. The molecule has 0 N–H and O–H groups in total. The molecule has 0 aliphatic carbocycles. The van der Waals surface area contributed by atoms with Crippen molar-refractivity contribution in [3.05, 3.63) is 66.0 Å². The molecule has 2 rings (SSSR count). The first-order valence-electron chi connectivity index (χ1n) is 7.99. The third-order valence-corrected chi connectivity index (χ3v) is 3.46. The number of ether oxygens (including phenoxy) is 1. The van der Waals surface area contributed by atoms with Crippen molar-refractivity contribution in [2.75, 3.05) is 18.1 Å². The van der Waals surface area contributed by atoms with Crippen LogP contribution in [0.1, 0.15) is 18.9 Å². The fourth-order valence-electron chi connectivity index (χ4n) is 2.25. The molecule has 128 valence electrons. The first-order chi connectivity index (χ1) is 12.1. The van der Waals surface area contributed by atoms with Gasteiger partial charge in [-0.15, -0.1) is 0 Å². The van der Waals surface area contributed by atoms with Gasteiger partial charge in [-0.25, -0.2) is 4.39 Å². The van der Waals surface area contributed by atoms with E-state index in [1.54, 1.807) is 42.5 Å². The Labute approximate surface area is 146 Å². The summed E-state index contributed by atoms with van der Waals surface area (Å²) in [5, 5.41) is 8.83. The minimum atomic E-state index is -0.325. The number of anilines is 1. The maximum absolute atomic E-state index is 12.9. The van der Waals surface area contributed by atoms with Crippen LogP contribution in [-0.4, -0.2) is 19.1 Å². The lowest BCUT2D eigenvalue weighted by Crippen LogP contribution is -2.30. The second-order valence-electron chi connectivity index (χ2n) is 5.21. The van der Waals surface area contributed by atoms with Crippen LogP contribution in [0, 0.1) is 17.1 Å². The molecule has 0 atom stereocenters. The standard InChI is InChI=1S/C20H19FN2O2/c1-2-25-19-11-9-18(10-12-19)23(15-3-14-22)20(24)13-6-16-4-7-17(21)8-5-16/h4-13H,2-3,15H2,1H3/b13-6+. The van der Waals surface area contributed by atoms with Crippen LogP contribution in [0.4, 0.5) is 10.1 Å². The third-order valence-electron chi connectivity index (χ3n) is 3.46. The predicted octanol–water partition coefficient (Wildman–Crippen LogP) is 4.18. The number of hydrogen-bond donors (Lipinski definition) is 0. The molecule has 1 amide bonds. The maximum Gasteiger partial charge on any atom is 0.251 e.